The van der Waals surface area contributed by atoms with Gasteiger partial charge in [0.15, 0.2) is 0 Å². The Kier molecular flexibility index (Phi) is 3.83. The molecule has 1 aromatic heterocycles. The van der Waals surface area contributed by atoms with Gasteiger partial charge in [0.2, 0.25) is 0 Å². The molecule has 25 heavy (non-hydrogen) atoms. The molecule has 2 aliphatic rings. The highest BCUT2D eigenvalue weighted by Gasteiger charge is 2.52. The number of urea groups is 1. The zero-order valence-corrected chi connectivity index (χ0v) is 14.6. The minimum atomic E-state index is -0.771. The van der Waals surface area contributed by atoms with Gasteiger partial charge < -0.3 is 9.73 Å². The Balaban J connectivity index is 1.72. The Hall–Kier alpha value is -2.28. The second kappa shape index (κ2) is 5.91. The van der Waals surface area contributed by atoms with E-state index in [4.69, 9.17) is 4.42 Å². The van der Waals surface area contributed by atoms with E-state index in [0.29, 0.717) is 23.3 Å². The summed E-state index contributed by atoms with van der Waals surface area (Å²) in [6, 6.07) is 6.65. The van der Waals surface area contributed by atoms with E-state index in [-0.39, 0.29) is 18.5 Å². The van der Waals surface area contributed by atoms with Crippen LogP contribution in [0.3, 0.4) is 0 Å². The highest BCUT2D eigenvalue weighted by molar-refractivity contribution is 7.99. The number of thioether (sulfide) groups is 1. The summed E-state index contributed by atoms with van der Waals surface area (Å²) in [7, 11) is 0. The van der Waals surface area contributed by atoms with Gasteiger partial charge in [-0.2, -0.15) is 11.8 Å². The number of hydrogen-bond donors (Lipinski definition) is 1. The summed E-state index contributed by atoms with van der Waals surface area (Å²) in [5, 5.41) is 3.59. The number of carbonyl (C=O) groups excluding carboxylic acids is 2. The van der Waals surface area contributed by atoms with Gasteiger partial charge in [-0.05, 0) is 35.8 Å². The molecule has 3 heterocycles. The fourth-order valence-electron chi connectivity index (χ4n) is 3.45. The van der Waals surface area contributed by atoms with Crippen LogP contribution in [0.2, 0.25) is 0 Å². The molecule has 3 amide bonds. The van der Waals surface area contributed by atoms with Gasteiger partial charge >= 0.3 is 11.7 Å². The number of fused-ring (bicyclic) bond motifs is 1. The summed E-state index contributed by atoms with van der Waals surface area (Å²) >= 11 is 1.67. The molecule has 1 atom stereocenters. The van der Waals surface area contributed by atoms with E-state index >= 15 is 0 Å². The lowest BCUT2D eigenvalue weighted by Gasteiger charge is -2.19. The number of carbonyl (C=O) groups is 2. The van der Waals surface area contributed by atoms with E-state index in [1.165, 1.54) is 11.0 Å². The van der Waals surface area contributed by atoms with Crippen LogP contribution in [0.1, 0.15) is 24.5 Å². The van der Waals surface area contributed by atoms with Crippen LogP contribution in [0.15, 0.2) is 33.5 Å². The number of nitrogens with one attached hydrogen (secondary N) is 1. The van der Waals surface area contributed by atoms with Gasteiger partial charge in [-0.1, -0.05) is 19.1 Å². The zero-order valence-electron chi connectivity index (χ0n) is 13.8. The molecule has 2 saturated heterocycles. The van der Waals surface area contributed by atoms with E-state index < -0.39 is 11.2 Å². The SMILES string of the molecule is CCc1ccc2c(CN3C(=O)NC4(CCSC4)C3=O)cc(=O)oc2c1. The normalized spacial score (nSPS) is 23.0. The highest BCUT2D eigenvalue weighted by Crippen LogP contribution is 2.34. The molecule has 0 bridgehead atoms. The molecule has 1 aromatic carbocycles. The molecule has 6 nitrogen and oxygen atoms in total. The first kappa shape index (κ1) is 16.2. The van der Waals surface area contributed by atoms with E-state index in [0.717, 1.165) is 23.1 Å². The second-order valence-electron chi connectivity index (χ2n) is 6.48. The Bertz CT molecular complexity index is 930. The molecular formula is C18H18N2O4S. The molecule has 1 unspecified atom stereocenters. The van der Waals surface area contributed by atoms with Crippen molar-refractivity contribution in [3.05, 3.63) is 45.8 Å². The van der Waals surface area contributed by atoms with Crippen molar-refractivity contribution in [1.82, 2.24) is 10.2 Å². The summed E-state index contributed by atoms with van der Waals surface area (Å²) in [5.74, 6) is 1.26. The third kappa shape index (κ3) is 2.63. The van der Waals surface area contributed by atoms with Gasteiger partial charge in [0, 0.05) is 17.2 Å². The number of imide groups is 1. The first-order chi connectivity index (χ1) is 12.0. The lowest BCUT2D eigenvalue weighted by Crippen LogP contribution is -2.46. The fraction of sp³-hybridized carbons (Fsp3) is 0.389. The lowest BCUT2D eigenvalue weighted by molar-refractivity contribution is -0.130. The summed E-state index contributed by atoms with van der Waals surface area (Å²) in [5.41, 5.74) is 0.922. The molecule has 130 valence electrons. The maximum absolute atomic E-state index is 12.8. The third-order valence-electron chi connectivity index (χ3n) is 4.90. The van der Waals surface area contributed by atoms with Crippen molar-refractivity contribution in [2.45, 2.75) is 31.8 Å². The van der Waals surface area contributed by atoms with Crippen LogP contribution in [0.25, 0.3) is 11.0 Å². The largest absolute Gasteiger partial charge is 0.423 e. The van der Waals surface area contributed by atoms with Crippen LogP contribution in [0.5, 0.6) is 0 Å². The molecule has 0 aliphatic carbocycles. The summed E-state index contributed by atoms with van der Waals surface area (Å²) in [6.07, 6.45) is 1.48. The Morgan fingerprint density at radius 2 is 2.12 bits per heavy atom. The third-order valence-corrected chi connectivity index (χ3v) is 6.09. The van der Waals surface area contributed by atoms with Crippen LogP contribution < -0.4 is 10.9 Å². The standard InChI is InChI=1S/C18H18N2O4S/c1-2-11-3-4-13-12(8-15(21)24-14(13)7-11)9-20-16(22)18(19-17(20)23)5-6-25-10-18/h3-4,7-8H,2,5-6,9-10H2,1H3,(H,19,23). The topological polar surface area (TPSA) is 79.6 Å². The average Bonchev–Trinajstić information content (AvgIpc) is 3.15. The Morgan fingerprint density at radius 1 is 1.28 bits per heavy atom. The van der Waals surface area contributed by atoms with Gasteiger partial charge in [-0.3, -0.25) is 9.69 Å². The summed E-state index contributed by atoms with van der Waals surface area (Å²) < 4.78 is 5.29. The summed E-state index contributed by atoms with van der Waals surface area (Å²) in [6.45, 7) is 2.10. The molecule has 2 aliphatic heterocycles. The zero-order chi connectivity index (χ0) is 17.6. The number of amides is 3. The first-order valence-corrected chi connectivity index (χ1v) is 9.45. The number of aryl methyl sites for hydroxylation is 1. The molecule has 7 heteroatoms. The molecule has 4 rings (SSSR count). The minimum absolute atomic E-state index is 0.0741. The monoisotopic (exact) mass is 358 g/mol. The molecule has 2 aromatic rings. The van der Waals surface area contributed by atoms with Crippen molar-refractivity contribution in [2.75, 3.05) is 11.5 Å². The fourth-order valence-corrected chi connectivity index (χ4v) is 4.77. The van der Waals surface area contributed by atoms with Gasteiger partial charge in [0.25, 0.3) is 5.91 Å². The Labute approximate surface area is 148 Å². The molecule has 0 radical (unpaired) electrons. The molecule has 0 saturated carbocycles. The minimum Gasteiger partial charge on any atom is -0.423 e. The van der Waals surface area contributed by atoms with Crippen molar-refractivity contribution in [1.29, 1.82) is 0 Å². The van der Waals surface area contributed by atoms with E-state index in [1.807, 2.05) is 25.1 Å². The smallest absolute Gasteiger partial charge is 0.336 e. The van der Waals surface area contributed by atoms with Gasteiger partial charge in [0.05, 0.1) is 6.54 Å². The van der Waals surface area contributed by atoms with Crippen molar-refractivity contribution in [2.24, 2.45) is 0 Å². The summed E-state index contributed by atoms with van der Waals surface area (Å²) in [4.78, 5) is 38.3. The van der Waals surface area contributed by atoms with Gasteiger partial charge in [-0.25, -0.2) is 9.59 Å². The van der Waals surface area contributed by atoms with Crippen molar-refractivity contribution in [3.63, 3.8) is 0 Å². The Morgan fingerprint density at radius 3 is 2.84 bits per heavy atom. The van der Waals surface area contributed by atoms with Gasteiger partial charge in [0.1, 0.15) is 11.1 Å². The lowest BCUT2D eigenvalue weighted by atomic mass is 9.99. The average molecular weight is 358 g/mol. The molecule has 2 fully saturated rings. The second-order valence-corrected chi connectivity index (χ2v) is 7.59. The van der Waals surface area contributed by atoms with Crippen LogP contribution in [0, 0.1) is 0 Å². The van der Waals surface area contributed by atoms with Crippen molar-refractivity contribution < 1.29 is 14.0 Å². The van der Waals surface area contributed by atoms with Crippen LogP contribution in [-0.2, 0) is 17.8 Å². The predicted octanol–water partition coefficient (Wildman–Crippen LogP) is 2.28. The van der Waals surface area contributed by atoms with Crippen LogP contribution in [-0.4, -0.2) is 33.9 Å². The highest BCUT2D eigenvalue weighted by atomic mass is 32.2. The quantitative estimate of drug-likeness (QED) is 0.673. The molecule has 1 spiro atoms. The van der Waals surface area contributed by atoms with Crippen LogP contribution >= 0.6 is 11.8 Å². The number of rotatable bonds is 3. The maximum Gasteiger partial charge on any atom is 0.336 e. The molecule has 1 N–H and O–H groups in total. The van der Waals surface area contributed by atoms with E-state index in [1.54, 1.807) is 11.8 Å². The number of benzene rings is 1. The van der Waals surface area contributed by atoms with Gasteiger partial charge in [-0.15, -0.1) is 0 Å². The molecular weight excluding hydrogens is 340 g/mol. The number of nitrogens with zero attached hydrogens (tertiary/aromatic N) is 1. The maximum atomic E-state index is 12.8. The van der Waals surface area contributed by atoms with E-state index in [9.17, 15) is 14.4 Å². The first-order valence-electron chi connectivity index (χ1n) is 8.30. The van der Waals surface area contributed by atoms with Crippen molar-refractivity contribution in [3.8, 4) is 0 Å². The van der Waals surface area contributed by atoms with Crippen molar-refractivity contribution >= 4 is 34.7 Å². The number of hydrogen-bond acceptors (Lipinski definition) is 5. The predicted molar refractivity (Wildman–Crippen MR) is 95.6 cm³/mol. The van der Waals surface area contributed by atoms with Crippen LogP contribution in [0.4, 0.5) is 4.79 Å². The van der Waals surface area contributed by atoms with E-state index in [2.05, 4.69) is 5.32 Å².